The summed E-state index contributed by atoms with van der Waals surface area (Å²) in [7, 11) is 0. The molecule has 0 fully saturated rings. The first-order valence-corrected chi connectivity index (χ1v) is 8.51. The third-order valence-electron chi connectivity index (χ3n) is 4.08. The minimum absolute atomic E-state index is 0.0633. The molecule has 3 aromatic rings. The van der Waals surface area contributed by atoms with E-state index in [-0.39, 0.29) is 12.4 Å². The Bertz CT molecular complexity index is 924. The largest absolute Gasteiger partial charge is 0.490 e. The van der Waals surface area contributed by atoms with Crippen LogP contribution in [0.15, 0.2) is 40.9 Å². The number of Topliss-reactive ketones (excluding diaryl/α,β-unsaturated/α-hetero) is 1. The number of carbonyl (C=O) groups excluding carboxylic acids is 1. The fraction of sp³-hybridized carbons (Fsp3) is 0.300. The predicted molar refractivity (Wildman–Crippen MR) is 97.5 cm³/mol. The number of aryl methyl sites for hydroxylation is 2. The van der Waals surface area contributed by atoms with Crippen molar-refractivity contribution in [3.63, 3.8) is 0 Å². The number of rotatable bonds is 7. The second-order valence-electron chi connectivity index (χ2n) is 6.01. The quantitative estimate of drug-likeness (QED) is 0.599. The third-order valence-corrected chi connectivity index (χ3v) is 4.08. The molecule has 26 heavy (non-hydrogen) atoms. The summed E-state index contributed by atoms with van der Waals surface area (Å²) in [5.74, 6) is 2.47. The van der Waals surface area contributed by atoms with Gasteiger partial charge < -0.3 is 14.0 Å². The van der Waals surface area contributed by atoms with Crippen molar-refractivity contribution in [1.29, 1.82) is 0 Å². The van der Waals surface area contributed by atoms with Gasteiger partial charge in [0, 0.05) is 23.0 Å². The highest BCUT2D eigenvalue weighted by molar-refractivity contribution is 5.98. The van der Waals surface area contributed by atoms with E-state index in [0.717, 1.165) is 17.1 Å². The Kier molecular flexibility index (Phi) is 5.11. The van der Waals surface area contributed by atoms with Crippen LogP contribution in [0.5, 0.6) is 11.5 Å². The summed E-state index contributed by atoms with van der Waals surface area (Å²) in [4.78, 5) is 12.7. The third kappa shape index (κ3) is 3.49. The van der Waals surface area contributed by atoms with Crippen molar-refractivity contribution in [1.82, 2.24) is 9.72 Å². The van der Waals surface area contributed by atoms with Gasteiger partial charge >= 0.3 is 0 Å². The van der Waals surface area contributed by atoms with E-state index in [1.807, 2.05) is 62.6 Å². The Morgan fingerprint density at radius 1 is 1.12 bits per heavy atom. The molecule has 0 aliphatic rings. The number of carbonyl (C=O) groups is 1. The van der Waals surface area contributed by atoms with Crippen LogP contribution in [0.25, 0.3) is 5.82 Å². The lowest BCUT2D eigenvalue weighted by Crippen LogP contribution is -2.13. The lowest BCUT2D eigenvalue weighted by Gasteiger charge is -2.11. The molecule has 0 radical (unpaired) electrons. The molecule has 0 saturated carbocycles. The van der Waals surface area contributed by atoms with Gasteiger partial charge in [-0.3, -0.25) is 9.36 Å². The van der Waals surface area contributed by atoms with Crippen molar-refractivity contribution >= 4 is 5.78 Å². The highest BCUT2D eigenvalue weighted by Gasteiger charge is 2.19. The van der Waals surface area contributed by atoms with Gasteiger partial charge in [-0.1, -0.05) is 17.3 Å². The Morgan fingerprint density at radius 3 is 2.42 bits per heavy atom. The van der Waals surface area contributed by atoms with Gasteiger partial charge in [0.1, 0.15) is 5.76 Å². The van der Waals surface area contributed by atoms with Gasteiger partial charge in [-0.05, 0) is 45.9 Å². The van der Waals surface area contributed by atoms with Gasteiger partial charge in [0.05, 0.1) is 6.61 Å². The Labute approximate surface area is 152 Å². The summed E-state index contributed by atoms with van der Waals surface area (Å²) in [5.41, 5.74) is 2.33. The molecule has 0 spiro atoms. The van der Waals surface area contributed by atoms with E-state index in [2.05, 4.69) is 5.16 Å². The van der Waals surface area contributed by atoms with Crippen LogP contribution in [0.3, 0.4) is 0 Å². The van der Waals surface area contributed by atoms with E-state index in [4.69, 9.17) is 14.0 Å². The molecule has 1 aromatic carbocycles. The smallest absolute Gasteiger partial charge is 0.202 e. The summed E-state index contributed by atoms with van der Waals surface area (Å²) < 4.78 is 18.3. The standard InChI is InChI=1S/C20H22N2O4/c1-5-24-18-8-6-7-9-19(18)25-12-17(23)16-10-13(2)22(15(16)4)20-11-14(3)26-21-20/h6-11H,5,12H2,1-4H3. The first-order valence-electron chi connectivity index (χ1n) is 8.51. The summed E-state index contributed by atoms with van der Waals surface area (Å²) in [6.07, 6.45) is 0. The first kappa shape index (κ1) is 17.8. The highest BCUT2D eigenvalue weighted by Crippen LogP contribution is 2.27. The number of aromatic nitrogens is 2. The molecule has 0 aliphatic carbocycles. The van der Waals surface area contributed by atoms with Crippen molar-refractivity contribution in [2.24, 2.45) is 0 Å². The number of ketones is 1. The number of hydrogen-bond donors (Lipinski definition) is 0. The lowest BCUT2D eigenvalue weighted by atomic mass is 10.1. The van der Waals surface area contributed by atoms with Gasteiger partial charge in [0.2, 0.25) is 5.78 Å². The van der Waals surface area contributed by atoms with Crippen LogP contribution in [0.2, 0.25) is 0 Å². The van der Waals surface area contributed by atoms with Gasteiger partial charge in [-0.25, -0.2) is 0 Å². The molecule has 0 aliphatic heterocycles. The van der Waals surface area contributed by atoms with Crippen LogP contribution >= 0.6 is 0 Å². The van der Waals surface area contributed by atoms with Crippen molar-refractivity contribution in [2.45, 2.75) is 27.7 Å². The zero-order valence-electron chi connectivity index (χ0n) is 15.4. The maximum absolute atomic E-state index is 12.7. The molecule has 0 N–H and O–H groups in total. The first-order chi connectivity index (χ1) is 12.5. The van der Waals surface area contributed by atoms with E-state index in [1.54, 1.807) is 6.07 Å². The molecular weight excluding hydrogens is 332 g/mol. The molecule has 6 nitrogen and oxygen atoms in total. The van der Waals surface area contributed by atoms with Crippen LogP contribution in [-0.2, 0) is 0 Å². The Morgan fingerprint density at radius 2 is 1.81 bits per heavy atom. The molecule has 2 aromatic heterocycles. The topological polar surface area (TPSA) is 66.5 Å². The van der Waals surface area contributed by atoms with Crippen molar-refractivity contribution < 1.29 is 18.8 Å². The minimum Gasteiger partial charge on any atom is -0.490 e. The van der Waals surface area contributed by atoms with Gasteiger partial charge in [-0.2, -0.15) is 0 Å². The fourth-order valence-electron chi connectivity index (χ4n) is 2.92. The van der Waals surface area contributed by atoms with E-state index < -0.39 is 0 Å². The maximum atomic E-state index is 12.7. The highest BCUT2D eigenvalue weighted by atomic mass is 16.5. The van der Waals surface area contributed by atoms with Crippen LogP contribution in [-0.4, -0.2) is 28.7 Å². The number of hydrogen-bond acceptors (Lipinski definition) is 5. The second-order valence-corrected chi connectivity index (χ2v) is 6.01. The van der Waals surface area contributed by atoms with Crippen LogP contribution in [0.4, 0.5) is 0 Å². The molecule has 136 valence electrons. The molecule has 0 unspecified atom stereocenters. The molecule has 0 saturated heterocycles. The number of nitrogens with zero attached hydrogens (tertiary/aromatic N) is 2. The summed E-state index contributed by atoms with van der Waals surface area (Å²) in [6, 6.07) is 11.0. The lowest BCUT2D eigenvalue weighted by molar-refractivity contribution is 0.0918. The zero-order valence-corrected chi connectivity index (χ0v) is 15.4. The fourth-order valence-corrected chi connectivity index (χ4v) is 2.92. The number of ether oxygens (including phenoxy) is 2. The molecular formula is C20H22N2O4. The van der Waals surface area contributed by atoms with Crippen LogP contribution in [0.1, 0.15) is 34.4 Å². The molecule has 6 heteroatoms. The SMILES string of the molecule is CCOc1ccccc1OCC(=O)c1cc(C)n(-c2cc(C)on2)c1C. The summed E-state index contributed by atoms with van der Waals surface area (Å²) in [5, 5.41) is 4.03. The molecule has 2 heterocycles. The zero-order chi connectivity index (χ0) is 18.7. The predicted octanol–water partition coefficient (Wildman–Crippen LogP) is 4.05. The average molecular weight is 354 g/mol. The number of benzene rings is 1. The monoisotopic (exact) mass is 354 g/mol. The van der Waals surface area contributed by atoms with E-state index in [0.29, 0.717) is 29.5 Å². The van der Waals surface area contributed by atoms with Crippen LogP contribution < -0.4 is 9.47 Å². The minimum atomic E-state index is -0.101. The molecule has 3 rings (SSSR count). The molecule has 0 bridgehead atoms. The normalized spacial score (nSPS) is 10.8. The van der Waals surface area contributed by atoms with Crippen molar-refractivity contribution in [2.75, 3.05) is 13.2 Å². The Hall–Kier alpha value is -3.02. The van der Waals surface area contributed by atoms with Gasteiger partial charge in [0.25, 0.3) is 0 Å². The van der Waals surface area contributed by atoms with E-state index in [1.165, 1.54) is 0 Å². The second kappa shape index (κ2) is 7.47. The van der Waals surface area contributed by atoms with Gasteiger partial charge in [-0.15, -0.1) is 0 Å². The summed E-state index contributed by atoms with van der Waals surface area (Å²) in [6.45, 7) is 8.03. The summed E-state index contributed by atoms with van der Waals surface area (Å²) >= 11 is 0. The van der Waals surface area contributed by atoms with Crippen LogP contribution in [0, 0.1) is 20.8 Å². The molecule has 0 atom stereocenters. The maximum Gasteiger partial charge on any atom is 0.202 e. The van der Waals surface area contributed by atoms with Gasteiger partial charge in [0.15, 0.2) is 23.9 Å². The average Bonchev–Trinajstić information content (AvgIpc) is 3.16. The van der Waals surface area contributed by atoms with E-state index in [9.17, 15) is 4.79 Å². The van der Waals surface area contributed by atoms with Crippen molar-refractivity contribution in [3.05, 3.63) is 59.1 Å². The number of para-hydroxylation sites is 2. The van der Waals surface area contributed by atoms with E-state index >= 15 is 0 Å². The Balaban J connectivity index is 1.79. The van der Waals surface area contributed by atoms with Crippen molar-refractivity contribution in [3.8, 4) is 17.3 Å². The molecule has 0 amide bonds.